The number of nitrogens with zero attached hydrogens (tertiary/aromatic N) is 6. The Bertz CT molecular complexity index is 1250. The fourth-order valence-electron chi connectivity index (χ4n) is 5.13. The zero-order chi connectivity index (χ0) is 30.2. The standard InChI is InChI=1S/C23H27N5O.C6H15N.C2H3N.C2H4/c1-16-5-3-6-17-7-4-8-20(21(16)17)28-12-9-18-19(15-28)25-23(29-2)26-22(18)27-13-10-24-11-14-27;1-4-6-7(3)5-2;1-2-3;1-2/h3-8,24H,9-15H2,1-2H3;4-6H2,1-3H3;1H3;1-2H2. The number of anilines is 2. The predicted octanol–water partition coefficient (Wildman–Crippen LogP) is 5.60. The van der Waals surface area contributed by atoms with E-state index in [1.54, 1.807) is 13.2 Å². The van der Waals surface area contributed by atoms with E-state index in [4.69, 9.17) is 20.0 Å². The Morgan fingerprint density at radius 1 is 1.05 bits per heavy atom. The topological polar surface area (TPSA) is 80.5 Å². The molecule has 0 saturated carbocycles. The molecule has 41 heavy (non-hydrogen) atoms. The number of nitriles is 1. The lowest BCUT2D eigenvalue weighted by molar-refractivity contribution is 0.353. The highest BCUT2D eigenvalue weighted by molar-refractivity contribution is 5.97. The van der Waals surface area contributed by atoms with E-state index in [9.17, 15) is 0 Å². The normalized spacial score (nSPS) is 13.9. The van der Waals surface area contributed by atoms with E-state index in [0.717, 1.165) is 57.2 Å². The van der Waals surface area contributed by atoms with Crippen molar-refractivity contribution in [1.82, 2.24) is 20.2 Å². The highest BCUT2D eigenvalue weighted by Gasteiger charge is 2.27. The molecule has 0 spiro atoms. The van der Waals surface area contributed by atoms with Crippen molar-refractivity contribution in [2.75, 3.05) is 69.8 Å². The summed E-state index contributed by atoms with van der Waals surface area (Å²) in [5.41, 5.74) is 4.96. The van der Waals surface area contributed by atoms with Crippen LogP contribution in [0.25, 0.3) is 10.8 Å². The van der Waals surface area contributed by atoms with E-state index < -0.39 is 0 Å². The summed E-state index contributed by atoms with van der Waals surface area (Å²) in [7, 11) is 3.79. The number of aromatic nitrogens is 2. The molecule has 1 saturated heterocycles. The summed E-state index contributed by atoms with van der Waals surface area (Å²) >= 11 is 0. The van der Waals surface area contributed by atoms with Crippen LogP contribution in [0.3, 0.4) is 0 Å². The van der Waals surface area contributed by atoms with E-state index in [1.165, 1.54) is 54.0 Å². The van der Waals surface area contributed by atoms with Gasteiger partial charge < -0.3 is 24.8 Å². The lowest BCUT2D eigenvalue weighted by Crippen LogP contribution is -2.45. The number of piperazine rings is 1. The van der Waals surface area contributed by atoms with Gasteiger partial charge in [0.2, 0.25) is 0 Å². The zero-order valence-corrected chi connectivity index (χ0v) is 26.0. The summed E-state index contributed by atoms with van der Waals surface area (Å²) in [6, 6.07) is 15.3. The number of aryl methyl sites for hydroxylation is 1. The molecule has 8 nitrogen and oxygen atoms in total. The lowest BCUT2D eigenvalue weighted by Gasteiger charge is -2.35. The van der Waals surface area contributed by atoms with E-state index >= 15 is 0 Å². The second-order valence-electron chi connectivity index (χ2n) is 9.94. The van der Waals surface area contributed by atoms with Crippen molar-refractivity contribution in [2.45, 2.75) is 47.1 Å². The van der Waals surface area contributed by atoms with Gasteiger partial charge in [-0.2, -0.15) is 15.2 Å². The van der Waals surface area contributed by atoms with Crippen LogP contribution >= 0.6 is 0 Å². The van der Waals surface area contributed by atoms with Gasteiger partial charge in [0.05, 0.1) is 25.4 Å². The number of methoxy groups -OCH3 is 1. The first kappa shape index (κ1) is 33.5. The quantitative estimate of drug-likeness (QED) is 0.391. The monoisotopic (exact) mass is 559 g/mol. The summed E-state index contributed by atoms with van der Waals surface area (Å²) in [5, 5.41) is 13.4. The molecule has 0 bridgehead atoms. The molecule has 8 heteroatoms. The first-order chi connectivity index (χ1) is 20.0. The number of nitrogens with one attached hydrogen (secondary N) is 1. The molecule has 5 rings (SSSR count). The summed E-state index contributed by atoms with van der Waals surface area (Å²) < 4.78 is 5.46. The first-order valence-electron chi connectivity index (χ1n) is 14.6. The molecule has 0 amide bonds. The van der Waals surface area contributed by atoms with Crippen LogP contribution in [0.5, 0.6) is 6.01 Å². The van der Waals surface area contributed by atoms with Gasteiger partial charge >= 0.3 is 6.01 Å². The van der Waals surface area contributed by atoms with Crippen molar-refractivity contribution in [3.05, 3.63) is 66.4 Å². The Balaban J connectivity index is 0.000000421. The van der Waals surface area contributed by atoms with Gasteiger partial charge in [-0.25, -0.2) is 0 Å². The van der Waals surface area contributed by atoms with Gasteiger partial charge in [0, 0.05) is 56.3 Å². The zero-order valence-electron chi connectivity index (χ0n) is 26.0. The van der Waals surface area contributed by atoms with Gasteiger partial charge in [-0.15, -0.1) is 13.2 Å². The smallest absolute Gasteiger partial charge is 0.318 e. The van der Waals surface area contributed by atoms with Gasteiger partial charge in [-0.3, -0.25) is 0 Å². The van der Waals surface area contributed by atoms with Crippen LogP contribution in [0.15, 0.2) is 49.6 Å². The minimum atomic E-state index is 0.466. The van der Waals surface area contributed by atoms with Crippen molar-refractivity contribution in [3.63, 3.8) is 0 Å². The predicted molar refractivity (Wildman–Crippen MR) is 173 cm³/mol. The van der Waals surface area contributed by atoms with E-state index in [0.29, 0.717) is 6.01 Å². The highest BCUT2D eigenvalue weighted by Crippen LogP contribution is 2.35. The van der Waals surface area contributed by atoms with Gasteiger partial charge in [-0.05, 0) is 56.9 Å². The third-order valence-corrected chi connectivity index (χ3v) is 7.20. The Kier molecular flexibility index (Phi) is 14.6. The summed E-state index contributed by atoms with van der Waals surface area (Å²) in [5.74, 6) is 1.06. The van der Waals surface area contributed by atoms with Gasteiger partial charge in [-0.1, -0.05) is 44.2 Å². The van der Waals surface area contributed by atoms with Crippen LogP contribution in [0.1, 0.15) is 44.0 Å². The van der Waals surface area contributed by atoms with Crippen molar-refractivity contribution < 1.29 is 4.74 Å². The fourth-order valence-corrected chi connectivity index (χ4v) is 5.13. The average molecular weight is 560 g/mol. The molecule has 0 radical (unpaired) electrons. The first-order valence-corrected chi connectivity index (χ1v) is 14.6. The fraction of sp³-hybridized carbons (Fsp3) is 0.485. The van der Waals surface area contributed by atoms with E-state index in [-0.39, 0.29) is 0 Å². The number of fused-ring (bicyclic) bond motifs is 2. The molecule has 2 aliphatic rings. The average Bonchev–Trinajstić information content (AvgIpc) is 3.02. The molecule has 0 atom stereocenters. The minimum absolute atomic E-state index is 0.466. The Labute approximate surface area is 247 Å². The molecule has 0 unspecified atom stereocenters. The van der Waals surface area contributed by atoms with Crippen molar-refractivity contribution in [1.29, 1.82) is 5.26 Å². The van der Waals surface area contributed by atoms with Gasteiger partial charge in [0.25, 0.3) is 0 Å². The summed E-state index contributed by atoms with van der Waals surface area (Å²) in [6.45, 7) is 22.1. The second kappa shape index (κ2) is 17.9. The van der Waals surface area contributed by atoms with Crippen LogP contribution in [0.4, 0.5) is 11.5 Å². The van der Waals surface area contributed by atoms with Crippen molar-refractivity contribution in [2.24, 2.45) is 0 Å². The van der Waals surface area contributed by atoms with E-state index in [1.807, 2.05) is 0 Å². The summed E-state index contributed by atoms with van der Waals surface area (Å²) in [6.07, 6.45) is 2.21. The number of ether oxygens (including phenoxy) is 1. The lowest BCUT2D eigenvalue weighted by atomic mass is 9.99. The molecular weight excluding hydrogens is 510 g/mol. The molecule has 222 valence electrons. The SMILES string of the molecule is C=C.CC#N.CCCN(C)CC.COc1nc2c(c(N3CCNCC3)n1)CCN(c1cccc3cccc(C)c13)C2. The maximum absolute atomic E-state index is 7.32. The van der Waals surface area contributed by atoms with Crippen molar-refractivity contribution in [3.8, 4) is 12.1 Å². The van der Waals surface area contributed by atoms with Crippen LogP contribution in [-0.4, -0.2) is 74.8 Å². The maximum Gasteiger partial charge on any atom is 0.318 e. The Morgan fingerprint density at radius 2 is 1.71 bits per heavy atom. The molecular formula is C33H49N7O. The number of benzene rings is 2. The molecule has 1 aromatic heterocycles. The molecule has 1 N–H and O–H groups in total. The van der Waals surface area contributed by atoms with Crippen molar-refractivity contribution >= 4 is 22.3 Å². The molecule has 1 fully saturated rings. The number of hydrogen-bond donors (Lipinski definition) is 1. The van der Waals surface area contributed by atoms with Crippen LogP contribution < -0.4 is 19.9 Å². The van der Waals surface area contributed by atoms with Crippen LogP contribution in [0.2, 0.25) is 0 Å². The number of rotatable bonds is 6. The minimum Gasteiger partial charge on any atom is -0.467 e. The molecule has 2 aromatic carbocycles. The third kappa shape index (κ3) is 9.17. The van der Waals surface area contributed by atoms with Crippen LogP contribution in [0, 0.1) is 18.3 Å². The Morgan fingerprint density at radius 3 is 2.29 bits per heavy atom. The second-order valence-corrected chi connectivity index (χ2v) is 9.94. The Hall–Kier alpha value is -3.67. The molecule has 3 aromatic rings. The number of hydrogen-bond acceptors (Lipinski definition) is 8. The maximum atomic E-state index is 7.32. The largest absolute Gasteiger partial charge is 0.467 e. The van der Waals surface area contributed by atoms with Gasteiger partial charge in [0.1, 0.15) is 5.82 Å². The van der Waals surface area contributed by atoms with E-state index in [2.05, 4.69) is 97.4 Å². The summed E-state index contributed by atoms with van der Waals surface area (Å²) in [4.78, 5) is 16.6. The highest BCUT2D eigenvalue weighted by atomic mass is 16.5. The molecule has 3 heterocycles. The third-order valence-electron chi connectivity index (χ3n) is 7.20. The van der Waals surface area contributed by atoms with Gasteiger partial charge in [0.15, 0.2) is 0 Å². The molecule has 0 aliphatic carbocycles. The molecule has 2 aliphatic heterocycles. The van der Waals surface area contributed by atoms with Crippen LogP contribution in [-0.2, 0) is 13.0 Å².